The van der Waals surface area contributed by atoms with Gasteiger partial charge < -0.3 is 4.74 Å². The van der Waals surface area contributed by atoms with Crippen LogP contribution < -0.4 is 0 Å². The minimum Gasteiger partial charge on any atom is -0.465 e. The predicted octanol–water partition coefficient (Wildman–Crippen LogP) is 3.24. The maximum absolute atomic E-state index is 13.1. The molecule has 0 N–H and O–H groups in total. The molecule has 2 atom stereocenters. The lowest BCUT2D eigenvalue weighted by Crippen LogP contribution is -2.10. The summed E-state index contributed by atoms with van der Waals surface area (Å²) in [6.45, 7) is 0.299. The molecule has 17 heavy (non-hydrogen) atoms. The highest BCUT2D eigenvalue weighted by Crippen LogP contribution is 2.54. The van der Waals surface area contributed by atoms with Gasteiger partial charge in [0.2, 0.25) is 0 Å². The Kier molecular flexibility index (Phi) is 3.82. The lowest BCUT2D eigenvalue weighted by Gasteiger charge is -2.04. The molecule has 0 heterocycles. The van der Waals surface area contributed by atoms with Crippen LogP contribution in [0.2, 0.25) is 0 Å². The summed E-state index contributed by atoms with van der Waals surface area (Å²) >= 11 is 2.97. The smallest absolute Gasteiger partial charge is 0.310 e. The maximum atomic E-state index is 13.1. The van der Waals surface area contributed by atoms with E-state index in [1.54, 1.807) is 0 Å². The number of halogens is 2. The van der Waals surface area contributed by atoms with Crippen LogP contribution in [0.3, 0.4) is 0 Å². The number of rotatable bonds is 5. The molecule has 1 saturated carbocycles. The first-order valence-corrected chi connectivity index (χ1v) is 6.44. The van der Waals surface area contributed by atoms with E-state index in [9.17, 15) is 9.18 Å². The zero-order valence-electron chi connectivity index (χ0n) is 9.36. The monoisotopic (exact) mass is 300 g/mol. The molecule has 1 aromatic carbocycles. The Bertz CT molecular complexity index is 392. The van der Waals surface area contributed by atoms with Crippen molar-refractivity contribution in [2.45, 2.75) is 23.8 Å². The van der Waals surface area contributed by atoms with Crippen LogP contribution in [-0.4, -0.2) is 17.2 Å². The van der Waals surface area contributed by atoms with Crippen LogP contribution in [0, 0.1) is 5.92 Å². The molecular formula is C13H14BrFO2. The quantitative estimate of drug-likeness (QED) is 0.616. The zero-order valence-corrected chi connectivity index (χ0v) is 11.0. The van der Waals surface area contributed by atoms with Crippen molar-refractivity contribution in [3.63, 3.8) is 0 Å². The predicted molar refractivity (Wildman–Crippen MR) is 66.6 cm³/mol. The van der Waals surface area contributed by atoms with E-state index in [-0.39, 0.29) is 18.3 Å². The summed E-state index contributed by atoms with van der Waals surface area (Å²) in [5.41, 5.74) is 0.934. The molecule has 1 fully saturated rings. The average molecular weight is 301 g/mol. The SMILES string of the molecule is O=C(Cc1ccccc1)OCCC1CC1(F)Br. The van der Waals surface area contributed by atoms with Gasteiger partial charge in [0.1, 0.15) is 0 Å². The van der Waals surface area contributed by atoms with Crippen LogP contribution >= 0.6 is 15.9 Å². The van der Waals surface area contributed by atoms with E-state index in [1.807, 2.05) is 30.3 Å². The van der Waals surface area contributed by atoms with Crippen LogP contribution in [0.4, 0.5) is 4.39 Å². The Hall–Kier alpha value is -0.900. The fraction of sp³-hybridized carbons (Fsp3) is 0.462. The van der Waals surface area contributed by atoms with Gasteiger partial charge in [-0.25, -0.2) is 4.39 Å². The second-order valence-corrected chi connectivity index (χ2v) is 5.65. The van der Waals surface area contributed by atoms with Gasteiger partial charge in [0.05, 0.1) is 13.0 Å². The Morgan fingerprint density at radius 3 is 2.71 bits per heavy atom. The summed E-state index contributed by atoms with van der Waals surface area (Å²) < 4.78 is 17.0. The summed E-state index contributed by atoms with van der Waals surface area (Å²) in [5.74, 6) is -0.261. The van der Waals surface area contributed by atoms with Crippen molar-refractivity contribution >= 4 is 21.9 Å². The number of hydrogen-bond donors (Lipinski definition) is 0. The van der Waals surface area contributed by atoms with Crippen LogP contribution in [0.1, 0.15) is 18.4 Å². The number of carbonyl (C=O) groups excluding carboxylic acids is 1. The lowest BCUT2D eigenvalue weighted by molar-refractivity contribution is -0.143. The van der Waals surface area contributed by atoms with Crippen molar-refractivity contribution in [2.75, 3.05) is 6.61 Å². The zero-order chi connectivity index (χ0) is 12.3. The van der Waals surface area contributed by atoms with Gasteiger partial charge in [-0.2, -0.15) is 0 Å². The van der Waals surface area contributed by atoms with Crippen LogP contribution in [0.5, 0.6) is 0 Å². The molecule has 0 aromatic heterocycles. The largest absolute Gasteiger partial charge is 0.465 e. The fourth-order valence-electron chi connectivity index (χ4n) is 1.71. The number of ether oxygens (including phenoxy) is 1. The molecule has 2 unspecified atom stereocenters. The second-order valence-electron chi connectivity index (χ2n) is 4.33. The molecule has 0 aliphatic heterocycles. The van der Waals surface area contributed by atoms with Gasteiger partial charge >= 0.3 is 5.97 Å². The van der Waals surface area contributed by atoms with Crippen molar-refractivity contribution < 1.29 is 13.9 Å². The molecule has 4 heteroatoms. The van der Waals surface area contributed by atoms with E-state index < -0.39 is 4.58 Å². The third-order valence-corrected chi connectivity index (χ3v) is 3.85. The molecule has 0 spiro atoms. The topological polar surface area (TPSA) is 26.3 Å². The Labute approximate surface area is 108 Å². The summed E-state index contributed by atoms with van der Waals surface area (Å²) in [5, 5.41) is 0. The first-order chi connectivity index (χ1) is 8.08. The molecule has 2 rings (SSSR count). The van der Waals surface area contributed by atoms with Gasteiger partial charge in [-0.15, -0.1) is 0 Å². The first-order valence-electron chi connectivity index (χ1n) is 5.65. The summed E-state index contributed by atoms with van der Waals surface area (Å²) in [6.07, 6.45) is 1.38. The Morgan fingerprint density at radius 2 is 2.12 bits per heavy atom. The van der Waals surface area contributed by atoms with Crippen LogP contribution in [0.15, 0.2) is 30.3 Å². The third-order valence-electron chi connectivity index (χ3n) is 2.88. The molecule has 1 aliphatic rings. The van der Waals surface area contributed by atoms with Crippen molar-refractivity contribution in [3.8, 4) is 0 Å². The van der Waals surface area contributed by atoms with Crippen molar-refractivity contribution in [3.05, 3.63) is 35.9 Å². The maximum Gasteiger partial charge on any atom is 0.310 e. The molecule has 1 aromatic rings. The average Bonchev–Trinajstić information content (AvgIpc) is 2.88. The molecule has 0 saturated heterocycles. The second kappa shape index (κ2) is 5.17. The van der Waals surface area contributed by atoms with Crippen molar-refractivity contribution in [1.29, 1.82) is 0 Å². The van der Waals surface area contributed by atoms with E-state index in [1.165, 1.54) is 0 Å². The van der Waals surface area contributed by atoms with E-state index in [2.05, 4.69) is 15.9 Å². The number of hydrogen-bond acceptors (Lipinski definition) is 2. The summed E-state index contributed by atoms with van der Waals surface area (Å²) in [7, 11) is 0. The molecule has 92 valence electrons. The van der Waals surface area contributed by atoms with Gasteiger partial charge in [-0.3, -0.25) is 4.79 Å². The van der Waals surface area contributed by atoms with Gasteiger partial charge in [-0.1, -0.05) is 30.3 Å². The van der Waals surface area contributed by atoms with E-state index in [0.29, 0.717) is 19.4 Å². The molecule has 1 aliphatic carbocycles. The van der Waals surface area contributed by atoms with E-state index in [0.717, 1.165) is 5.56 Å². The summed E-state index contributed by atoms with van der Waals surface area (Å²) in [6, 6.07) is 9.43. The minimum absolute atomic E-state index is 0.00738. The summed E-state index contributed by atoms with van der Waals surface area (Å²) in [4.78, 5) is 11.4. The Morgan fingerprint density at radius 1 is 1.47 bits per heavy atom. The normalized spacial score (nSPS) is 26.6. The van der Waals surface area contributed by atoms with Gasteiger partial charge in [-0.05, 0) is 34.3 Å². The molecule has 2 nitrogen and oxygen atoms in total. The number of alkyl halides is 2. The highest BCUT2D eigenvalue weighted by Gasteiger charge is 2.52. The van der Waals surface area contributed by atoms with Gasteiger partial charge in [0.25, 0.3) is 0 Å². The standard InChI is InChI=1S/C13H14BrFO2/c14-13(15)9-11(13)6-7-17-12(16)8-10-4-2-1-3-5-10/h1-5,11H,6-9H2. The molecular weight excluding hydrogens is 287 g/mol. The lowest BCUT2D eigenvalue weighted by atomic mass is 10.2. The van der Waals surface area contributed by atoms with Crippen molar-refractivity contribution in [2.24, 2.45) is 5.92 Å². The fourth-order valence-corrected chi connectivity index (χ4v) is 2.33. The van der Waals surface area contributed by atoms with E-state index in [4.69, 9.17) is 4.74 Å². The first kappa shape index (κ1) is 12.6. The molecule has 0 amide bonds. The Balaban J connectivity index is 1.65. The molecule has 0 radical (unpaired) electrons. The highest BCUT2D eigenvalue weighted by atomic mass is 79.9. The number of esters is 1. The van der Waals surface area contributed by atoms with Gasteiger partial charge in [0.15, 0.2) is 4.58 Å². The number of carbonyl (C=O) groups is 1. The van der Waals surface area contributed by atoms with Gasteiger partial charge in [0, 0.05) is 5.92 Å². The van der Waals surface area contributed by atoms with E-state index >= 15 is 0 Å². The minimum atomic E-state index is -1.21. The van der Waals surface area contributed by atoms with Crippen LogP contribution in [-0.2, 0) is 16.0 Å². The van der Waals surface area contributed by atoms with Crippen molar-refractivity contribution in [1.82, 2.24) is 0 Å². The number of benzene rings is 1. The third kappa shape index (κ3) is 3.80. The highest BCUT2D eigenvalue weighted by molar-refractivity contribution is 9.10. The molecule has 0 bridgehead atoms. The van der Waals surface area contributed by atoms with Crippen LogP contribution in [0.25, 0.3) is 0 Å².